The van der Waals surface area contributed by atoms with E-state index < -0.39 is 48.0 Å². The monoisotopic (exact) mass is 402 g/mol. The number of rotatable bonds is 5. The number of hydrogen-bond donors (Lipinski definition) is 2. The molecule has 2 saturated heterocycles. The molecule has 2 fully saturated rings. The molecule has 2 heterocycles. The molecule has 154 valence electrons. The van der Waals surface area contributed by atoms with E-state index in [2.05, 4.69) is 10.6 Å². The molecule has 10 heteroatoms. The van der Waals surface area contributed by atoms with Crippen LogP contribution < -0.4 is 10.6 Å². The lowest BCUT2D eigenvalue weighted by atomic mass is 9.91. The second-order valence-corrected chi connectivity index (χ2v) is 7.17. The summed E-state index contributed by atoms with van der Waals surface area (Å²) in [4.78, 5) is 62.8. The number of carbonyl (C=O) groups is 5. The first-order valence-electron chi connectivity index (χ1n) is 9.13. The van der Waals surface area contributed by atoms with Crippen molar-refractivity contribution in [1.29, 1.82) is 0 Å². The molecule has 10 nitrogen and oxygen atoms in total. The average molecular weight is 402 g/mol. The van der Waals surface area contributed by atoms with Gasteiger partial charge in [0.15, 0.2) is 6.10 Å². The minimum absolute atomic E-state index is 0.182. The van der Waals surface area contributed by atoms with E-state index in [9.17, 15) is 24.0 Å². The number of ether oxygens (including phenoxy) is 1. The number of esters is 1. The zero-order valence-corrected chi connectivity index (χ0v) is 16.4. The number of nitrogens with one attached hydrogen (secondary N) is 2. The van der Waals surface area contributed by atoms with Gasteiger partial charge >= 0.3 is 18.0 Å². The second-order valence-electron chi connectivity index (χ2n) is 7.17. The lowest BCUT2D eigenvalue weighted by Crippen LogP contribution is -2.44. The molecular weight excluding hydrogens is 380 g/mol. The maximum absolute atomic E-state index is 12.8. The normalized spacial score (nSPS) is 22.4. The number of hydrogen-bond acceptors (Lipinski definition) is 6. The summed E-state index contributed by atoms with van der Waals surface area (Å²) >= 11 is 0. The molecule has 6 amide bonds. The fourth-order valence-corrected chi connectivity index (χ4v) is 3.24. The summed E-state index contributed by atoms with van der Waals surface area (Å²) in [6.07, 6.45) is -1.23. The van der Waals surface area contributed by atoms with Gasteiger partial charge in [-0.3, -0.25) is 24.2 Å². The third-order valence-corrected chi connectivity index (χ3v) is 4.97. The van der Waals surface area contributed by atoms with Crippen molar-refractivity contribution in [3.63, 3.8) is 0 Å². The van der Waals surface area contributed by atoms with Gasteiger partial charge in [-0.1, -0.05) is 29.8 Å². The molecule has 0 aliphatic carbocycles. The summed E-state index contributed by atoms with van der Waals surface area (Å²) in [5.74, 6) is -2.20. The SMILES string of the molecule is Cc1ccc([C@]2(C)NC(=O)N(CC(=O)O[C@@H](C)C(=O)N3CCNC3=O)C2=O)cc1. The van der Waals surface area contributed by atoms with Crippen LogP contribution in [0, 0.1) is 6.92 Å². The molecule has 1 aromatic carbocycles. The van der Waals surface area contributed by atoms with Crippen LogP contribution in [-0.2, 0) is 24.7 Å². The van der Waals surface area contributed by atoms with E-state index in [4.69, 9.17) is 4.74 Å². The molecule has 2 atom stereocenters. The van der Waals surface area contributed by atoms with Gasteiger partial charge in [0.25, 0.3) is 11.8 Å². The highest BCUT2D eigenvalue weighted by atomic mass is 16.5. The van der Waals surface area contributed by atoms with E-state index in [1.54, 1.807) is 19.1 Å². The molecule has 1 aromatic rings. The van der Waals surface area contributed by atoms with Crippen molar-refractivity contribution >= 4 is 29.8 Å². The highest BCUT2D eigenvalue weighted by molar-refractivity contribution is 6.09. The van der Waals surface area contributed by atoms with Crippen molar-refractivity contribution in [3.05, 3.63) is 35.4 Å². The molecule has 0 spiro atoms. The Kier molecular flexibility index (Phi) is 5.27. The molecule has 0 bridgehead atoms. The first-order valence-corrected chi connectivity index (χ1v) is 9.13. The second kappa shape index (κ2) is 7.53. The molecule has 0 radical (unpaired) electrons. The number of amides is 6. The molecule has 2 aliphatic rings. The van der Waals surface area contributed by atoms with Crippen molar-refractivity contribution in [2.24, 2.45) is 0 Å². The van der Waals surface area contributed by atoms with Gasteiger partial charge in [-0.2, -0.15) is 0 Å². The van der Waals surface area contributed by atoms with Gasteiger partial charge in [0.1, 0.15) is 12.1 Å². The van der Waals surface area contributed by atoms with Gasteiger partial charge < -0.3 is 15.4 Å². The van der Waals surface area contributed by atoms with Crippen LogP contribution in [0.3, 0.4) is 0 Å². The lowest BCUT2D eigenvalue weighted by molar-refractivity contribution is -0.159. The van der Waals surface area contributed by atoms with E-state index in [0.29, 0.717) is 12.1 Å². The van der Waals surface area contributed by atoms with Gasteiger partial charge in [-0.25, -0.2) is 9.59 Å². The van der Waals surface area contributed by atoms with Crippen LogP contribution in [0.2, 0.25) is 0 Å². The number of carbonyl (C=O) groups excluding carboxylic acids is 5. The predicted molar refractivity (Wildman–Crippen MR) is 99.4 cm³/mol. The Morgan fingerprint density at radius 3 is 2.41 bits per heavy atom. The number of aryl methyl sites for hydroxylation is 1. The fraction of sp³-hybridized carbons (Fsp3) is 0.421. The molecule has 0 unspecified atom stereocenters. The van der Waals surface area contributed by atoms with E-state index in [-0.39, 0.29) is 6.54 Å². The largest absolute Gasteiger partial charge is 0.451 e. The highest BCUT2D eigenvalue weighted by Gasteiger charge is 2.49. The third kappa shape index (κ3) is 3.78. The average Bonchev–Trinajstić information content (AvgIpc) is 3.18. The highest BCUT2D eigenvalue weighted by Crippen LogP contribution is 2.29. The molecule has 2 N–H and O–H groups in total. The number of urea groups is 2. The van der Waals surface area contributed by atoms with E-state index >= 15 is 0 Å². The third-order valence-electron chi connectivity index (χ3n) is 4.97. The summed E-state index contributed by atoms with van der Waals surface area (Å²) in [6, 6.07) is 5.82. The van der Waals surface area contributed by atoms with Gasteiger partial charge in [0, 0.05) is 13.1 Å². The van der Waals surface area contributed by atoms with Crippen LogP contribution in [0.5, 0.6) is 0 Å². The van der Waals surface area contributed by atoms with Gasteiger partial charge in [0.2, 0.25) is 0 Å². The molecular formula is C19H22N4O6. The maximum Gasteiger partial charge on any atom is 0.327 e. The Morgan fingerprint density at radius 2 is 1.83 bits per heavy atom. The van der Waals surface area contributed by atoms with Crippen LogP contribution in [-0.4, -0.2) is 65.4 Å². The topological polar surface area (TPSA) is 125 Å². The van der Waals surface area contributed by atoms with E-state index in [0.717, 1.165) is 15.4 Å². The molecule has 3 rings (SSSR count). The zero-order chi connectivity index (χ0) is 21.3. The predicted octanol–water partition coefficient (Wildman–Crippen LogP) is 0.246. The summed E-state index contributed by atoms with van der Waals surface area (Å²) in [7, 11) is 0. The molecule has 29 heavy (non-hydrogen) atoms. The zero-order valence-electron chi connectivity index (χ0n) is 16.4. The number of nitrogens with zero attached hydrogens (tertiary/aromatic N) is 2. The van der Waals surface area contributed by atoms with Crippen molar-refractivity contribution in [3.8, 4) is 0 Å². The van der Waals surface area contributed by atoms with Crippen molar-refractivity contribution in [2.75, 3.05) is 19.6 Å². The lowest BCUT2D eigenvalue weighted by Gasteiger charge is -2.22. The Bertz CT molecular complexity index is 883. The summed E-state index contributed by atoms with van der Waals surface area (Å²) in [6.45, 7) is 4.65. The van der Waals surface area contributed by atoms with Crippen LogP contribution in [0.1, 0.15) is 25.0 Å². The first-order chi connectivity index (χ1) is 13.6. The number of imide groups is 2. The van der Waals surface area contributed by atoms with Crippen LogP contribution in [0.25, 0.3) is 0 Å². The van der Waals surface area contributed by atoms with Crippen LogP contribution in [0.15, 0.2) is 24.3 Å². The van der Waals surface area contributed by atoms with Crippen LogP contribution >= 0.6 is 0 Å². The Labute approximate surface area is 167 Å². The molecule has 0 saturated carbocycles. The van der Waals surface area contributed by atoms with Gasteiger partial charge in [0.05, 0.1) is 0 Å². The van der Waals surface area contributed by atoms with Crippen LogP contribution in [0.4, 0.5) is 9.59 Å². The van der Waals surface area contributed by atoms with E-state index in [1.807, 2.05) is 19.1 Å². The Balaban J connectivity index is 1.65. The summed E-state index contributed by atoms with van der Waals surface area (Å²) in [5.41, 5.74) is 0.279. The van der Waals surface area contributed by atoms with Gasteiger partial charge in [-0.15, -0.1) is 0 Å². The first kappa shape index (κ1) is 20.3. The molecule has 0 aromatic heterocycles. The van der Waals surface area contributed by atoms with Crippen molar-refractivity contribution in [1.82, 2.24) is 20.4 Å². The molecule has 2 aliphatic heterocycles. The fourth-order valence-electron chi connectivity index (χ4n) is 3.24. The van der Waals surface area contributed by atoms with Gasteiger partial charge in [-0.05, 0) is 26.3 Å². The maximum atomic E-state index is 12.8. The van der Waals surface area contributed by atoms with Crippen molar-refractivity contribution in [2.45, 2.75) is 32.4 Å². The van der Waals surface area contributed by atoms with Crippen molar-refractivity contribution < 1.29 is 28.7 Å². The minimum atomic E-state index is -1.31. The minimum Gasteiger partial charge on any atom is -0.451 e. The summed E-state index contributed by atoms with van der Waals surface area (Å²) < 4.78 is 5.04. The van der Waals surface area contributed by atoms with E-state index in [1.165, 1.54) is 6.92 Å². The Hall–Kier alpha value is -3.43. The number of benzene rings is 1. The Morgan fingerprint density at radius 1 is 1.17 bits per heavy atom. The smallest absolute Gasteiger partial charge is 0.327 e. The standard InChI is InChI=1S/C19H22N4O6/c1-11-4-6-13(7-5-11)19(3)16(26)23(18(28)21-19)10-14(24)29-12(2)15(25)22-9-8-20-17(22)27/h4-7,12H,8-10H2,1-3H3,(H,20,27)(H,21,28)/t12-,19-/m0/s1. The summed E-state index contributed by atoms with van der Waals surface area (Å²) in [5, 5.41) is 5.08. The quantitative estimate of drug-likeness (QED) is 0.537.